The summed E-state index contributed by atoms with van der Waals surface area (Å²) >= 11 is 0. The maximum atomic E-state index is 5.53. The van der Waals surface area contributed by atoms with Gasteiger partial charge in [-0.25, -0.2) is 15.0 Å². The summed E-state index contributed by atoms with van der Waals surface area (Å²) in [7, 11) is 3.48. The predicted molar refractivity (Wildman–Crippen MR) is 105 cm³/mol. The van der Waals surface area contributed by atoms with E-state index in [2.05, 4.69) is 35.6 Å². The van der Waals surface area contributed by atoms with E-state index in [9.17, 15) is 0 Å². The molecule has 0 spiro atoms. The highest BCUT2D eigenvalue weighted by atomic mass is 16.5. The number of hydrogen-bond donors (Lipinski definition) is 3. The monoisotopic (exact) mass is 361 g/mol. The lowest BCUT2D eigenvalue weighted by Crippen LogP contribution is -2.02. The van der Waals surface area contributed by atoms with Gasteiger partial charge in [0, 0.05) is 30.1 Å². The van der Waals surface area contributed by atoms with Crippen LogP contribution < -0.4 is 15.4 Å². The molecular formula is C19H19N7O. The SMILES string of the molecule is CNc1cc(C)nc(Nc2ccc(OC)c(-c3cc4ncncc4[nH]3)c2)n1. The van der Waals surface area contributed by atoms with Crippen molar-refractivity contribution in [3.05, 3.63) is 48.5 Å². The number of ether oxygens (including phenoxy) is 1. The first-order chi connectivity index (χ1) is 13.2. The van der Waals surface area contributed by atoms with E-state index in [0.717, 1.165) is 45.2 Å². The number of nitrogens with zero attached hydrogens (tertiary/aromatic N) is 4. The molecule has 0 aliphatic carbocycles. The van der Waals surface area contributed by atoms with Crippen LogP contribution in [-0.2, 0) is 0 Å². The summed E-state index contributed by atoms with van der Waals surface area (Å²) in [4.78, 5) is 20.5. The molecule has 0 aliphatic heterocycles. The number of anilines is 3. The van der Waals surface area contributed by atoms with E-state index in [1.54, 1.807) is 13.3 Å². The fourth-order valence-corrected chi connectivity index (χ4v) is 2.89. The van der Waals surface area contributed by atoms with Gasteiger partial charge in [0.25, 0.3) is 0 Å². The lowest BCUT2D eigenvalue weighted by atomic mass is 10.1. The predicted octanol–water partition coefficient (Wildman–Crippen LogP) is 3.52. The molecule has 4 aromatic rings. The summed E-state index contributed by atoms with van der Waals surface area (Å²) in [5.74, 6) is 2.03. The Hall–Kier alpha value is -3.68. The molecule has 0 aliphatic rings. The Balaban J connectivity index is 1.73. The van der Waals surface area contributed by atoms with Crippen LogP contribution in [0.5, 0.6) is 5.75 Å². The van der Waals surface area contributed by atoms with Gasteiger partial charge >= 0.3 is 0 Å². The third kappa shape index (κ3) is 3.37. The zero-order chi connectivity index (χ0) is 18.8. The van der Waals surface area contributed by atoms with Crippen LogP contribution >= 0.6 is 0 Å². The molecule has 8 heteroatoms. The maximum absolute atomic E-state index is 5.53. The highest BCUT2D eigenvalue weighted by Crippen LogP contribution is 2.34. The third-order valence-corrected chi connectivity index (χ3v) is 4.15. The molecule has 0 fully saturated rings. The van der Waals surface area contributed by atoms with Gasteiger partial charge in [0.05, 0.1) is 30.0 Å². The number of benzene rings is 1. The van der Waals surface area contributed by atoms with E-state index >= 15 is 0 Å². The van der Waals surface area contributed by atoms with Crippen molar-refractivity contribution in [3.8, 4) is 17.0 Å². The van der Waals surface area contributed by atoms with E-state index in [0.29, 0.717) is 5.95 Å². The van der Waals surface area contributed by atoms with Crippen molar-refractivity contribution in [2.24, 2.45) is 0 Å². The number of aromatic nitrogens is 5. The van der Waals surface area contributed by atoms with Crippen molar-refractivity contribution in [1.29, 1.82) is 0 Å². The van der Waals surface area contributed by atoms with E-state index < -0.39 is 0 Å². The Morgan fingerprint density at radius 3 is 2.78 bits per heavy atom. The van der Waals surface area contributed by atoms with E-state index in [-0.39, 0.29) is 0 Å². The zero-order valence-electron chi connectivity index (χ0n) is 15.2. The molecule has 0 unspecified atom stereocenters. The van der Waals surface area contributed by atoms with E-state index in [1.807, 2.05) is 44.3 Å². The number of fused-ring (bicyclic) bond motifs is 1. The smallest absolute Gasteiger partial charge is 0.229 e. The van der Waals surface area contributed by atoms with Crippen LogP contribution in [0.2, 0.25) is 0 Å². The van der Waals surface area contributed by atoms with Crippen molar-refractivity contribution in [1.82, 2.24) is 24.9 Å². The summed E-state index contributed by atoms with van der Waals surface area (Å²) in [5, 5.41) is 6.29. The largest absolute Gasteiger partial charge is 0.496 e. The van der Waals surface area contributed by atoms with E-state index in [4.69, 9.17) is 4.74 Å². The highest BCUT2D eigenvalue weighted by molar-refractivity contribution is 5.84. The molecule has 3 aromatic heterocycles. The molecule has 8 nitrogen and oxygen atoms in total. The zero-order valence-corrected chi connectivity index (χ0v) is 15.2. The molecule has 0 saturated heterocycles. The van der Waals surface area contributed by atoms with Crippen molar-refractivity contribution >= 4 is 28.5 Å². The van der Waals surface area contributed by atoms with Gasteiger partial charge in [-0.1, -0.05) is 0 Å². The molecule has 0 amide bonds. The van der Waals surface area contributed by atoms with Gasteiger partial charge in [0.1, 0.15) is 17.9 Å². The van der Waals surface area contributed by atoms with Crippen LogP contribution in [0.25, 0.3) is 22.3 Å². The standard InChI is InChI=1S/C19H19N7O/c1-11-6-18(20-2)26-19(23-11)24-12-4-5-17(27-3)13(7-12)14-8-15-16(25-14)9-21-10-22-15/h4-10,25H,1-3H3,(H2,20,23,24,26). The van der Waals surface area contributed by atoms with Crippen LogP contribution in [0.4, 0.5) is 17.5 Å². The minimum Gasteiger partial charge on any atom is -0.496 e. The summed E-state index contributed by atoms with van der Waals surface area (Å²) in [5.41, 5.74) is 5.24. The molecule has 0 saturated carbocycles. The summed E-state index contributed by atoms with van der Waals surface area (Å²) in [6, 6.07) is 9.68. The van der Waals surface area contributed by atoms with Gasteiger partial charge in [0.2, 0.25) is 5.95 Å². The second-order valence-corrected chi connectivity index (χ2v) is 6.01. The first-order valence-electron chi connectivity index (χ1n) is 8.44. The first kappa shape index (κ1) is 16.8. The topological polar surface area (TPSA) is 101 Å². The lowest BCUT2D eigenvalue weighted by Gasteiger charge is -2.12. The average molecular weight is 361 g/mol. The molecule has 4 rings (SSSR count). The quantitative estimate of drug-likeness (QED) is 0.500. The molecule has 1 aromatic carbocycles. The lowest BCUT2D eigenvalue weighted by molar-refractivity contribution is 0.416. The van der Waals surface area contributed by atoms with Gasteiger partial charge in [-0.2, -0.15) is 4.98 Å². The fourth-order valence-electron chi connectivity index (χ4n) is 2.89. The van der Waals surface area contributed by atoms with E-state index in [1.165, 1.54) is 6.33 Å². The number of aryl methyl sites for hydroxylation is 1. The maximum Gasteiger partial charge on any atom is 0.229 e. The van der Waals surface area contributed by atoms with Crippen molar-refractivity contribution in [2.45, 2.75) is 6.92 Å². The molecule has 3 heterocycles. The Bertz CT molecular complexity index is 1070. The van der Waals surface area contributed by atoms with Gasteiger partial charge in [-0.05, 0) is 31.2 Å². The van der Waals surface area contributed by atoms with Crippen LogP contribution in [0.1, 0.15) is 5.69 Å². The van der Waals surface area contributed by atoms with Gasteiger partial charge < -0.3 is 20.4 Å². The highest BCUT2D eigenvalue weighted by Gasteiger charge is 2.12. The molecule has 27 heavy (non-hydrogen) atoms. The Labute approximate surface area is 156 Å². The summed E-state index contributed by atoms with van der Waals surface area (Å²) in [6.07, 6.45) is 3.28. The summed E-state index contributed by atoms with van der Waals surface area (Å²) in [6.45, 7) is 1.93. The normalized spacial score (nSPS) is 10.8. The second-order valence-electron chi connectivity index (χ2n) is 6.01. The fraction of sp³-hybridized carbons (Fsp3) is 0.158. The van der Waals surface area contributed by atoms with Crippen LogP contribution in [0.3, 0.4) is 0 Å². The summed E-state index contributed by atoms with van der Waals surface area (Å²) < 4.78 is 5.53. The van der Waals surface area contributed by atoms with Gasteiger partial charge in [-0.3, -0.25) is 0 Å². The first-order valence-corrected chi connectivity index (χ1v) is 8.44. The van der Waals surface area contributed by atoms with Crippen LogP contribution in [0, 0.1) is 6.92 Å². The molecule has 0 atom stereocenters. The molecular weight excluding hydrogens is 342 g/mol. The average Bonchev–Trinajstić information content (AvgIpc) is 3.11. The Kier molecular flexibility index (Phi) is 4.29. The second kappa shape index (κ2) is 6.91. The van der Waals surface area contributed by atoms with Gasteiger partial charge in [-0.15, -0.1) is 0 Å². The minimum atomic E-state index is 0.526. The van der Waals surface area contributed by atoms with Crippen molar-refractivity contribution in [3.63, 3.8) is 0 Å². The number of hydrogen-bond acceptors (Lipinski definition) is 7. The Morgan fingerprint density at radius 1 is 1.11 bits per heavy atom. The van der Waals surface area contributed by atoms with Crippen LogP contribution in [-0.4, -0.2) is 39.1 Å². The van der Waals surface area contributed by atoms with Crippen LogP contribution in [0.15, 0.2) is 42.9 Å². The van der Waals surface area contributed by atoms with Gasteiger partial charge in [0.15, 0.2) is 0 Å². The molecule has 3 N–H and O–H groups in total. The number of H-pyrrole nitrogens is 1. The Morgan fingerprint density at radius 2 is 2.00 bits per heavy atom. The number of nitrogens with one attached hydrogen (secondary N) is 3. The molecule has 0 radical (unpaired) electrons. The number of methoxy groups -OCH3 is 1. The third-order valence-electron chi connectivity index (χ3n) is 4.15. The molecule has 0 bridgehead atoms. The number of rotatable bonds is 5. The number of aromatic amines is 1. The van der Waals surface area contributed by atoms with Crippen molar-refractivity contribution < 1.29 is 4.74 Å². The minimum absolute atomic E-state index is 0.526. The molecule has 136 valence electrons. The van der Waals surface area contributed by atoms with Crippen molar-refractivity contribution in [2.75, 3.05) is 24.8 Å².